The van der Waals surface area contributed by atoms with Gasteiger partial charge in [0.1, 0.15) is 0 Å². The van der Waals surface area contributed by atoms with E-state index in [1.807, 2.05) is 0 Å². The van der Waals surface area contributed by atoms with E-state index in [9.17, 15) is 13.6 Å². The zero-order chi connectivity index (χ0) is 8.27. The van der Waals surface area contributed by atoms with Gasteiger partial charge in [-0.15, -0.1) is 0 Å². The first kappa shape index (κ1) is 8.67. The van der Waals surface area contributed by atoms with Crippen LogP contribution in [0.25, 0.3) is 0 Å². The van der Waals surface area contributed by atoms with E-state index >= 15 is 0 Å². The third-order valence-electron chi connectivity index (χ3n) is 1.71. The van der Waals surface area contributed by atoms with Gasteiger partial charge in [0.2, 0.25) is 5.91 Å². The zero-order valence-corrected chi connectivity index (χ0v) is 6.93. The lowest BCUT2D eigenvalue weighted by atomic mass is 10.2. The number of hydrogen-bond donors (Lipinski definition) is 0. The van der Waals surface area contributed by atoms with Crippen LogP contribution in [-0.2, 0) is 16.1 Å². The Balaban J connectivity index is 2.59. The van der Waals surface area contributed by atoms with Crippen LogP contribution in [0.5, 0.6) is 0 Å². The van der Waals surface area contributed by atoms with Crippen LogP contribution in [0.4, 0.5) is 0 Å². The number of carbonyl (C=O) groups is 1. The van der Waals surface area contributed by atoms with Gasteiger partial charge in [-0.2, -0.15) is 0 Å². The highest BCUT2D eigenvalue weighted by Gasteiger charge is 2.16. The molecule has 0 aromatic carbocycles. The molecule has 1 unspecified atom stereocenters. The minimum absolute atomic E-state index is 0.268. The number of hydrogen-bond acceptors (Lipinski definition) is 3. The van der Waals surface area contributed by atoms with Gasteiger partial charge in [-0.1, -0.05) is 6.42 Å². The molecule has 0 N–H and O–H groups in total. The predicted octanol–water partition coefficient (Wildman–Crippen LogP) is 0.183. The molecule has 0 aromatic rings. The summed E-state index contributed by atoms with van der Waals surface area (Å²) in [5.41, 5.74) is 0. The molecule has 1 aliphatic rings. The van der Waals surface area contributed by atoms with Gasteiger partial charge in [0.25, 0.3) is 0 Å². The van der Waals surface area contributed by atoms with E-state index in [1.165, 1.54) is 0 Å². The third-order valence-corrected chi connectivity index (χ3v) is 2.46. The van der Waals surface area contributed by atoms with Crippen molar-refractivity contribution < 1.29 is 13.6 Å². The fourth-order valence-electron chi connectivity index (χ4n) is 1.12. The summed E-state index contributed by atoms with van der Waals surface area (Å²) in [5.74, 6) is -0.268. The molecular weight excluding hydrogens is 166 g/mol. The summed E-state index contributed by atoms with van der Waals surface area (Å²) in [4.78, 5) is 11.0. The quantitative estimate of drug-likeness (QED) is 0.535. The monoisotopic (exact) mass is 176 g/mol. The average Bonchev–Trinajstić information content (AvgIpc) is 2.13. The Bertz CT molecular complexity index is 183. The highest BCUT2D eigenvalue weighted by Crippen LogP contribution is 2.11. The summed E-state index contributed by atoms with van der Waals surface area (Å²) in [6.07, 6.45) is 2.92. The molecule has 4 nitrogen and oxygen atoms in total. The third kappa shape index (κ3) is 2.27. The second-order valence-electron chi connectivity index (χ2n) is 2.52. The highest BCUT2D eigenvalue weighted by atomic mass is 32.2. The average molecular weight is 176 g/mol. The molecule has 1 aliphatic heterocycles. The van der Waals surface area contributed by atoms with Crippen LogP contribution in [0.3, 0.4) is 0 Å². The Hall–Kier alpha value is -0.420. The Kier molecular flexibility index (Phi) is 3.02. The zero-order valence-electron chi connectivity index (χ0n) is 6.12. The van der Waals surface area contributed by atoms with E-state index in [2.05, 4.69) is 0 Å². The fourth-order valence-corrected chi connectivity index (χ4v) is 1.65. The van der Waals surface area contributed by atoms with Crippen molar-refractivity contribution in [3.8, 4) is 0 Å². The van der Waals surface area contributed by atoms with Gasteiger partial charge in [-0.3, -0.25) is 13.3 Å². The Morgan fingerprint density at radius 1 is 1.36 bits per heavy atom. The summed E-state index contributed by atoms with van der Waals surface area (Å²) in [6, 6.07) is 0. The Morgan fingerprint density at radius 2 is 2.09 bits per heavy atom. The molecule has 0 aromatic heterocycles. The second kappa shape index (κ2) is 3.82. The molecule has 1 fully saturated rings. The van der Waals surface area contributed by atoms with Gasteiger partial charge in [-0.25, -0.2) is 0 Å². The van der Waals surface area contributed by atoms with Crippen molar-refractivity contribution in [3.05, 3.63) is 0 Å². The first-order chi connectivity index (χ1) is 5.22. The van der Waals surface area contributed by atoms with Crippen molar-refractivity contribution in [1.29, 1.82) is 0 Å². The van der Waals surface area contributed by atoms with Crippen LogP contribution < -0.4 is 0 Å². The van der Waals surface area contributed by atoms with Crippen LogP contribution >= 0.6 is 0 Å². The fraction of sp³-hybridized carbons (Fsp3) is 0.833. The first-order valence-electron chi connectivity index (χ1n) is 3.61. The molecule has 1 rings (SSSR count). The van der Waals surface area contributed by atoms with Crippen molar-refractivity contribution in [3.63, 3.8) is 0 Å². The second-order valence-corrected chi connectivity index (χ2v) is 3.40. The maximum atomic E-state index is 11.0. The maximum absolute atomic E-state index is 11.0. The lowest BCUT2D eigenvalue weighted by molar-refractivity contribution is -0.126. The van der Waals surface area contributed by atoms with Crippen molar-refractivity contribution in [2.24, 2.45) is 0 Å². The molecule has 1 saturated heterocycles. The van der Waals surface area contributed by atoms with Crippen LogP contribution in [0, 0.1) is 0 Å². The molecule has 0 saturated carbocycles. The van der Waals surface area contributed by atoms with Crippen LogP contribution in [0.2, 0.25) is 0 Å². The first-order valence-corrected chi connectivity index (χ1v) is 4.65. The maximum Gasteiger partial charge on any atom is 0.233 e. The molecule has 0 aliphatic carbocycles. The van der Waals surface area contributed by atoms with Crippen LogP contribution in [0.1, 0.15) is 25.7 Å². The van der Waals surface area contributed by atoms with Crippen molar-refractivity contribution >= 4 is 17.2 Å². The van der Waals surface area contributed by atoms with Crippen molar-refractivity contribution in [2.75, 3.05) is 6.54 Å². The molecule has 11 heavy (non-hydrogen) atoms. The van der Waals surface area contributed by atoms with Gasteiger partial charge >= 0.3 is 0 Å². The van der Waals surface area contributed by atoms with Gasteiger partial charge in [0.15, 0.2) is 0 Å². The molecule has 0 spiro atoms. The van der Waals surface area contributed by atoms with E-state index in [-0.39, 0.29) is 5.91 Å². The minimum atomic E-state index is -2.36. The molecule has 0 bridgehead atoms. The van der Waals surface area contributed by atoms with Gasteiger partial charge in [0, 0.05) is 24.2 Å². The topological polar surface area (TPSA) is 60.4 Å². The standard InChI is InChI=1S/C6H11NO3S/c8-6-4-2-1-3-5-7(6)11(9)10/h1-5H2,(H,9,10)/p-1. The van der Waals surface area contributed by atoms with Crippen molar-refractivity contribution in [1.82, 2.24) is 4.31 Å². The van der Waals surface area contributed by atoms with Gasteiger partial charge < -0.3 is 4.55 Å². The molecule has 1 amide bonds. The number of amides is 1. The summed E-state index contributed by atoms with van der Waals surface area (Å²) in [5, 5.41) is 0. The smallest absolute Gasteiger partial charge is 0.233 e. The van der Waals surface area contributed by atoms with Crippen molar-refractivity contribution in [2.45, 2.75) is 25.7 Å². The largest absolute Gasteiger partial charge is 0.755 e. The number of rotatable bonds is 1. The van der Waals surface area contributed by atoms with E-state index in [1.54, 1.807) is 0 Å². The van der Waals surface area contributed by atoms with Crippen LogP contribution in [-0.4, -0.2) is 25.5 Å². The van der Waals surface area contributed by atoms with Gasteiger partial charge in [-0.05, 0) is 12.8 Å². The lowest BCUT2D eigenvalue weighted by Gasteiger charge is -2.21. The summed E-state index contributed by atoms with van der Waals surface area (Å²) in [6.45, 7) is 0.356. The Labute approximate surface area is 68.0 Å². The minimum Gasteiger partial charge on any atom is -0.755 e. The van der Waals surface area contributed by atoms with Gasteiger partial charge in [0.05, 0.1) is 0 Å². The molecule has 0 radical (unpaired) electrons. The molecule has 5 heteroatoms. The van der Waals surface area contributed by atoms with E-state index in [0.29, 0.717) is 13.0 Å². The van der Waals surface area contributed by atoms with E-state index in [4.69, 9.17) is 0 Å². The van der Waals surface area contributed by atoms with E-state index < -0.39 is 11.3 Å². The summed E-state index contributed by atoms with van der Waals surface area (Å²) in [7, 11) is 0. The van der Waals surface area contributed by atoms with Crippen LogP contribution in [0.15, 0.2) is 0 Å². The highest BCUT2D eigenvalue weighted by molar-refractivity contribution is 7.77. The van der Waals surface area contributed by atoms with E-state index in [0.717, 1.165) is 23.6 Å². The molecule has 64 valence electrons. The predicted molar refractivity (Wildman–Crippen MR) is 39.1 cm³/mol. The summed E-state index contributed by atoms with van der Waals surface area (Å²) < 4.78 is 21.8. The molecular formula is C6H10NO3S-. The Morgan fingerprint density at radius 3 is 2.73 bits per heavy atom. The summed E-state index contributed by atoms with van der Waals surface area (Å²) >= 11 is -2.36. The molecule has 1 atom stereocenters. The normalized spacial score (nSPS) is 23.0. The SMILES string of the molecule is O=C1CCCCCN1S(=O)[O-]. The lowest BCUT2D eigenvalue weighted by Crippen LogP contribution is -2.31. The number of nitrogens with zero attached hydrogens (tertiary/aromatic N) is 1. The molecule has 1 heterocycles. The number of carbonyl (C=O) groups excluding carboxylic acids is 1.